The molecular formula is C36H32F4N6O3. The van der Waals surface area contributed by atoms with Gasteiger partial charge in [0.2, 0.25) is 0 Å². The third-order valence-corrected chi connectivity index (χ3v) is 10.3. The highest BCUT2D eigenvalue weighted by atomic mass is 19.3. The number of fused-ring (bicyclic) bond motifs is 5. The van der Waals surface area contributed by atoms with Crippen LogP contribution in [0.3, 0.4) is 0 Å². The van der Waals surface area contributed by atoms with E-state index in [-0.39, 0.29) is 76.7 Å². The van der Waals surface area contributed by atoms with Gasteiger partial charge in [-0.3, -0.25) is 14.7 Å². The lowest BCUT2D eigenvalue weighted by molar-refractivity contribution is -0.131. The molecular weight excluding hydrogens is 640 g/mol. The third-order valence-electron chi connectivity index (χ3n) is 10.3. The molecule has 0 saturated carbocycles. The SMILES string of the molecule is C#Cc1c(F)ccc2cc(OC(C)=O)cc(-c3ncc4c(N5CC6CCC(C5)N6)nc(OCC56CCCN5CC(=C(F)F)C6)nc4c3F)c12. The monoisotopic (exact) mass is 672 g/mol. The lowest BCUT2D eigenvalue weighted by Gasteiger charge is -2.34. The van der Waals surface area contributed by atoms with Crippen molar-refractivity contribution in [1.82, 2.24) is 25.2 Å². The molecule has 3 unspecified atom stereocenters. The molecule has 0 aliphatic carbocycles. The maximum Gasteiger partial charge on any atom is 0.319 e. The molecule has 4 saturated heterocycles. The van der Waals surface area contributed by atoms with Gasteiger partial charge >= 0.3 is 12.0 Å². The molecule has 2 bridgehead atoms. The molecule has 252 valence electrons. The number of carbonyl (C=O) groups excluding carboxylic acids is 1. The standard InChI is InChI=1S/C36H32F4N6O3/c1-3-25-28(37)8-5-20-11-24(49-19(2)47)12-26(29(20)25)31-30(38)32-27(14-41-31)34(45-16-22-6-7-23(17-45)42-22)44-35(43-32)48-18-36-9-4-10-46(36)15-21(13-36)33(39)40/h1,5,8,11-12,14,22-23,42H,4,6-7,9-10,13,15-18H2,2H3. The Hall–Kier alpha value is -4.80. The number of ether oxygens (including phenoxy) is 2. The summed E-state index contributed by atoms with van der Waals surface area (Å²) in [5.74, 6) is 0.816. The molecule has 6 heterocycles. The second-order valence-corrected chi connectivity index (χ2v) is 13.4. The largest absolute Gasteiger partial charge is 0.461 e. The van der Waals surface area contributed by atoms with Crippen LogP contribution in [0.1, 0.15) is 44.6 Å². The number of hydrogen-bond acceptors (Lipinski definition) is 9. The summed E-state index contributed by atoms with van der Waals surface area (Å²) in [4.78, 5) is 29.8. The van der Waals surface area contributed by atoms with Gasteiger partial charge in [-0.15, -0.1) is 6.42 Å². The fraction of sp³-hybridized carbons (Fsp3) is 0.389. The van der Waals surface area contributed by atoms with Gasteiger partial charge in [-0.2, -0.15) is 18.7 Å². The van der Waals surface area contributed by atoms with Crippen molar-refractivity contribution in [3.63, 3.8) is 0 Å². The Morgan fingerprint density at radius 1 is 1.16 bits per heavy atom. The summed E-state index contributed by atoms with van der Waals surface area (Å²) < 4.78 is 70.8. The Bertz CT molecular complexity index is 2100. The van der Waals surface area contributed by atoms with Crippen LogP contribution in [0.2, 0.25) is 0 Å². The number of piperazine rings is 1. The van der Waals surface area contributed by atoms with E-state index in [0.29, 0.717) is 42.6 Å². The van der Waals surface area contributed by atoms with Gasteiger partial charge in [0.25, 0.3) is 6.08 Å². The summed E-state index contributed by atoms with van der Waals surface area (Å²) in [5, 5.41) is 4.58. The first-order valence-corrected chi connectivity index (χ1v) is 16.3. The molecule has 8 rings (SSSR count). The molecule has 4 aliphatic rings. The second-order valence-electron chi connectivity index (χ2n) is 13.4. The van der Waals surface area contributed by atoms with E-state index in [1.54, 1.807) is 0 Å². The number of nitrogens with one attached hydrogen (secondary N) is 1. The van der Waals surface area contributed by atoms with Crippen LogP contribution in [0.4, 0.5) is 23.4 Å². The highest BCUT2D eigenvalue weighted by Crippen LogP contribution is 2.44. The molecule has 0 spiro atoms. The second kappa shape index (κ2) is 12.0. The minimum Gasteiger partial charge on any atom is -0.461 e. The van der Waals surface area contributed by atoms with Gasteiger partial charge < -0.3 is 19.7 Å². The lowest BCUT2D eigenvalue weighted by Crippen LogP contribution is -2.51. The Kier molecular flexibility index (Phi) is 7.68. The minimum absolute atomic E-state index is 0.0565. The molecule has 2 aromatic carbocycles. The fourth-order valence-electron chi connectivity index (χ4n) is 8.12. The van der Waals surface area contributed by atoms with Crippen molar-refractivity contribution >= 4 is 33.5 Å². The zero-order chi connectivity index (χ0) is 34.0. The molecule has 0 radical (unpaired) electrons. The smallest absolute Gasteiger partial charge is 0.319 e. The molecule has 2 aromatic heterocycles. The van der Waals surface area contributed by atoms with Crippen LogP contribution in [-0.2, 0) is 4.79 Å². The minimum atomic E-state index is -1.66. The van der Waals surface area contributed by atoms with Crippen molar-refractivity contribution in [1.29, 1.82) is 0 Å². The van der Waals surface area contributed by atoms with Crippen LogP contribution >= 0.6 is 0 Å². The quantitative estimate of drug-likeness (QED) is 0.119. The molecule has 4 fully saturated rings. The Balaban J connectivity index is 1.28. The maximum atomic E-state index is 17.0. The van der Waals surface area contributed by atoms with Gasteiger partial charge in [-0.1, -0.05) is 12.0 Å². The summed E-state index contributed by atoms with van der Waals surface area (Å²) in [6, 6.07) is 5.98. The van der Waals surface area contributed by atoms with Crippen LogP contribution < -0.4 is 19.7 Å². The summed E-state index contributed by atoms with van der Waals surface area (Å²) in [6.45, 7) is 3.42. The molecule has 4 aromatic rings. The van der Waals surface area contributed by atoms with Crippen molar-refractivity contribution in [3.05, 3.63) is 59.3 Å². The first-order chi connectivity index (χ1) is 23.6. The number of nitrogens with zero attached hydrogens (tertiary/aromatic N) is 5. The zero-order valence-electron chi connectivity index (χ0n) is 26.7. The molecule has 9 nitrogen and oxygen atoms in total. The van der Waals surface area contributed by atoms with E-state index >= 15 is 4.39 Å². The summed E-state index contributed by atoms with van der Waals surface area (Å²) >= 11 is 0. The van der Waals surface area contributed by atoms with Gasteiger partial charge in [-0.25, -0.2) is 8.78 Å². The number of hydrogen-bond donors (Lipinski definition) is 1. The van der Waals surface area contributed by atoms with E-state index in [1.165, 1.54) is 37.4 Å². The van der Waals surface area contributed by atoms with Gasteiger partial charge in [0, 0.05) is 61.4 Å². The number of halogens is 4. The number of terminal acetylenes is 1. The molecule has 3 atom stereocenters. The van der Waals surface area contributed by atoms with E-state index in [2.05, 4.69) is 26.1 Å². The third kappa shape index (κ3) is 5.43. The molecule has 0 amide bonds. The van der Waals surface area contributed by atoms with Crippen LogP contribution in [0.15, 0.2) is 42.1 Å². The van der Waals surface area contributed by atoms with Gasteiger partial charge in [-0.05, 0) is 62.2 Å². The molecule has 4 aliphatic heterocycles. The molecule has 13 heteroatoms. The molecule has 49 heavy (non-hydrogen) atoms. The summed E-state index contributed by atoms with van der Waals surface area (Å²) in [7, 11) is 0. The summed E-state index contributed by atoms with van der Waals surface area (Å²) in [5.41, 5.74) is -0.770. The van der Waals surface area contributed by atoms with E-state index in [1.807, 2.05) is 4.90 Å². The predicted molar refractivity (Wildman–Crippen MR) is 174 cm³/mol. The number of aromatic nitrogens is 3. The van der Waals surface area contributed by atoms with Crippen LogP contribution in [0.25, 0.3) is 32.9 Å². The topological polar surface area (TPSA) is 92.7 Å². The number of benzene rings is 2. The van der Waals surface area contributed by atoms with Crippen molar-refractivity contribution in [3.8, 4) is 35.4 Å². The van der Waals surface area contributed by atoms with Gasteiger partial charge in [0.05, 0.1) is 16.5 Å². The first-order valence-electron chi connectivity index (χ1n) is 16.3. The first kappa shape index (κ1) is 31.5. The fourth-order valence-corrected chi connectivity index (χ4v) is 8.12. The van der Waals surface area contributed by atoms with E-state index < -0.39 is 29.2 Å². The number of rotatable bonds is 6. The normalized spacial score (nSPS) is 23.3. The average molecular weight is 673 g/mol. The lowest BCUT2D eigenvalue weighted by atomic mass is 9.94. The Labute approximate surface area is 279 Å². The summed E-state index contributed by atoms with van der Waals surface area (Å²) in [6.07, 6.45) is 9.25. The van der Waals surface area contributed by atoms with Crippen molar-refractivity contribution in [2.75, 3.05) is 37.7 Å². The van der Waals surface area contributed by atoms with E-state index in [0.717, 1.165) is 19.3 Å². The van der Waals surface area contributed by atoms with Crippen LogP contribution in [-0.4, -0.2) is 76.2 Å². The van der Waals surface area contributed by atoms with Crippen molar-refractivity contribution in [2.24, 2.45) is 0 Å². The number of carbonyl (C=O) groups is 1. The Morgan fingerprint density at radius 3 is 2.69 bits per heavy atom. The van der Waals surface area contributed by atoms with E-state index in [9.17, 15) is 18.0 Å². The highest BCUT2D eigenvalue weighted by Gasteiger charge is 2.48. The van der Waals surface area contributed by atoms with Crippen molar-refractivity contribution < 1.29 is 31.8 Å². The highest BCUT2D eigenvalue weighted by molar-refractivity contribution is 6.03. The zero-order valence-corrected chi connectivity index (χ0v) is 26.7. The van der Waals surface area contributed by atoms with Crippen molar-refractivity contribution in [2.45, 2.75) is 56.7 Å². The number of anilines is 1. The van der Waals surface area contributed by atoms with E-state index in [4.69, 9.17) is 20.9 Å². The van der Waals surface area contributed by atoms with Gasteiger partial charge in [0.15, 0.2) is 5.82 Å². The Morgan fingerprint density at radius 2 is 1.96 bits per heavy atom. The average Bonchev–Trinajstić information content (AvgIpc) is 3.75. The predicted octanol–water partition coefficient (Wildman–Crippen LogP) is 5.74. The maximum absolute atomic E-state index is 17.0. The number of esters is 1. The van der Waals surface area contributed by atoms with Crippen LogP contribution in [0, 0.1) is 24.0 Å². The molecule has 1 N–H and O–H groups in total. The van der Waals surface area contributed by atoms with Gasteiger partial charge in [0.1, 0.15) is 35.2 Å². The van der Waals surface area contributed by atoms with Crippen LogP contribution in [0.5, 0.6) is 11.8 Å². The number of pyridine rings is 1.